The lowest BCUT2D eigenvalue weighted by molar-refractivity contribution is 0.0611. The van der Waals surface area contributed by atoms with Gasteiger partial charge in [0, 0.05) is 40.9 Å². The van der Waals surface area contributed by atoms with Gasteiger partial charge in [-0.3, -0.25) is 19.3 Å². The molecule has 6 nitrogen and oxygen atoms in total. The predicted molar refractivity (Wildman–Crippen MR) is 135 cm³/mol. The van der Waals surface area contributed by atoms with Crippen molar-refractivity contribution in [2.45, 2.75) is 6.92 Å². The molecule has 5 rings (SSSR count). The largest absolute Gasteiger partial charge is 0.497 e. The minimum Gasteiger partial charge on any atom is -0.497 e. The molecule has 0 spiro atoms. The van der Waals surface area contributed by atoms with Gasteiger partial charge in [0.25, 0.3) is 17.7 Å². The summed E-state index contributed by atoms with van der Waals surface area (Å²) in [6.07, 6.45) is 0. The smallest absolute Gasteiger partial charge is 0.261 e. The highest BCUT2D eigenvalue weighted by atomic mass is 16.5. The Morgan fingerprint density at radius 2 is 1.49 bits per heavy atom. The van der Waals surface area contributed by atoms with Crippen LogP contribution in [0, 0.1) is 6.92 Å². The highest BCUT2D eigenvalue weighted by Gasteiger charge is 2.33. The van der Waals surface area contributed by atoms with Crippen molar-refractivity contribution < 1.29 is 19.1 Å². The summed E-state index contributed by atoms with van der Waals surface area (Å²) in [4.78, 5) is 43.0. The number of imide groups is 1. The van der Waals surface area contributed by atoms with Crippen LogP contribution in [-0.4, -0.2) is 42.8 Å². The predicted octanol–water partition coefficient (Wildman–Crippen LogP) is 5.10. The molecule has 0 aromatic heterocycles. The summed E-state index contributed by atoms with van der Waals surface area (Å²) in [6, 6.07) is 25.4. The van der Waals surface area contributed by atoms with Gasteiger partial charge in [0.1, 0.15) is 5.75 Å². The Balaban J connectivity index is 1.47. The van der Waals surface area contributed by atoms with Gasteiger partial charge in [-0.05, 0) is 54.8 Å². The summed E-state index contributed by atoms with van der Waals surface area (Å²) in [5, 5.41) is 1.54. The fourth-order valence-corrected chi connectivity index (χ4v) is 4.47. The second-order valence-electron chi connectivity index (χ2n) is 8.50. The minimum atomic E-state index is -0.350. The van der Waals surface area contributed by atoms with Gasteiger partial charge in [-0.1, -0.05) is 48.0 Å². The minimum absolute atomic E-state index is 0.0615. The molecule has 0 radical (unpaired) electrons. The number of hydrogen-bond acceptors (Lipinski definition) is 4. The van der Waals surface area contributed by atoms with Gasteiger partial charge in [-0.15, -0.1) is 0 Å². The van der Waals surface area contributed by atoms with Gasteiger partial charge in [0.05, 0.1) is 7.11 Å². The van der Waals surface area contributed by atoms with Gasteiger partial charge in [0.15, 0.2) is 0 Å². The summed E-state index contributed by atoms with van der Waals surface area (Å²) in [5.74, 6) is -0.369. The number of amides is 3. The van der Waals surface area contributed by atoms with E-state index < -0.39 is 0 Å². The van der Waals surface area contributed by atoms with E-state index in [1.807, 2.05) is 55.5 Å². The Kier molecular flexibility index (Phi) is 5.79. The molecule has 0 aliphatic carbocycles. The van der Waals surface area contributed by atoms with E-state index in [-0.39, 0.29) is 30.8 Å². The first-order valence-corrected chi connectivity index (χ1v) is 11.4. The first-order valence-electron chi connectivity index (χ1n) is 11.4. The van der Waals surface area contributed by atoms with Crippen molar-refractivity contribution >= 4 is 34.2 Å². The Hall–Kier alpha value is -4.45. The van der Waals surface area contributed by atoms with Crippen molar-refractivity contribution in [2.75, 3.05) is 25.1 Å². The molecule has 0 bridgehead atoms. The molecule has 174 valence electrons. The molecule has 1 aliphatic rings. The fourth-order valence-electron chi connectivity index (χ4n) is 4.47. The third-order valence-corrected chi connectivity index (χ3v) is 6.31. The molecule has 1 aliphatic heterocycles. The number of methoxy groups -OCH3 is 1. The van der Waals surface area contributed by atoms with Crippen molar-refractivity contribution in [3.63, 3.8) is 0 Å². The van der Waals surface area contributed by atoms with Crippen molar-refractivity contribution in [3.8, 4) is 5.75 Å². The van der Waals surface area contributed by atoms with Crippen LogP contribution in [0.3, 0.4) is 0 Å². The molecule has 0 saturated carbocycles. The van der Waals surface area contributed by atoms with Crippen LogP contribution in [0.5, 0.6) is 5.75 Å². The lowest BCUT2D eigenvalue weighted by atomic mass is 9.94. The first-order chi connectivity index (χ1) is 17.0. The number of hydrogen-bond donors (Lipinski definition) is 0. The third-order valence-electron chi connectivity index (χ3n) is 6.31. The molecule has 0 unspecified atom stereocenters. The van der Waals surface area contributed by atoms with E-state index in [0.29, 0.717) is 33.5 Å². The molecule has 4 aromatic carbocycles. The normalized spacial score (nSPS) is 12.7. The number of nitrogens with zero attached hydrogens (tertiary/aromatic N) is 2. The van der Waals surface area contributed by atoms with Gasteiger partial charge >= 0.3 is 0 Å². The van der Waals surface area contributed by atoms with Gasteiger partial charge in [-0.25, -0.2) is 0 Å². The molecule has 0 atom stereocenters. The fraction of sp³-hybridized carbons (Fsp3) is 0.138. The van der Waals surface area contributed by atoms with E-state index >= 15 is 0 Å². The van der Waals surface area contributed by atoms with E-state index in [9.17, 15) is 14.4 Å². The number of ether oxygens (including phenoxy) is 1. The average molecular weight is 465 g/mol. The monoisotopic (exact) mass is 464 g/mol. The number of benzene rings is 4. The van der Waals surface area contributed by atoms with Crippen LogP contribution in [0.15, 0.2) is 84.9 Å². The zero-order valence-electron chi connectivity index (χ0n) is 19.5. The number of anilines is 1. The zero-order chi connectivity index (χ0) is 24.5. The number of rotatable bonds is 6. The summed E-state index contributed by atoms with van der Waals surface area (Å²) in [5.41, 5.74) is 3.20. The summed E-state index contributed by atoms with van der Waals surface area (Å²) in [6.45, 7) is 2.18. The maximum absolute atomic E-state index is 13.6. The number of carbonyl (C=O) groups is 3. The standard InChI is InChI=1S/C29H24N2O4/c1-19-12-14-22(15-13-19)30(27(32)21-8-3-9-23(18-21)35-2)16-17-31-28(33)24-10-4-6-20-7-5-11-25(26(20)24)29(31)34/h3-15,18H,16-17H2,1-2H3. The Labute approximate surface area is 203 Å². The molecule has 35 heavy (non-hydrogen) atoms. The van der Waals surface area contributed by atoms with Crippen molar-refractivity contribution in [2.24, 2.45) is 0 Å². The van der Waals surface area contributed by atoms with Crippen LogP contribution >= 0.6 is 0 Å². The zero-order valence-corrected chi connectivity index (χ0v) is 19.5. The second kappa shape index (κ2) is 9.06. The summed E-state index contributed by atoms with van der Waals surface area (Å²) >= 11 is 0. The van der Waals surface area contributed by atoms with Gasteiger partial charge < -0.3 is 9.64 Å². The third kappa shape index (κ3) is 4.04. The van der Waals surface area contributed by atoms with E-state index in [2.05, 4.69) is 0 Å². The Bertz CT molecular complexity index is 1410. The summed E-state index contributed by atoms with van der Waals surface area (Å²) in [7, 11) is 1.55. The Morgan fingerprint density at radius 1 is 0.857 bits per heavy atom. The second-order valence-corrected chi connectivity index (χ2v) is 8.50. The van der Waals surface area contributed by atoms with Crippen LogP contribution < -0.4 is 9.64 Å². The van der Waals surface area contributed by atoms with E-state index in [0.717, 1.165) is 10.9 Å². The molecule has 1 heterocycles. The topological polar surface area (TPSA) is 66.9 Å². The van der Waals surface area contributed by atoms with Gasteiger partial charge in [0.2, 0.25) is 0 Å². The first kappa shape index (κ1) is 22.3. The molecule has 3 amide bonds. The van der Waals surface area contributed by atoms with E-state index in [1.165, 1.54) is 4.90 Å². The van der Waals surface area contributed by atoms with Gasteiger partial charge in [-0.2, -0.15) is 0 Å². The number of aryl methyl sites for hydroxylation is 1. The lowest BCUT2D eigenvalue weighted by Crippen LogP contribution is -2.46. The molecule has 4 aromatic rings. The van der Waals surface area contributed by atoms with Crippen molar-refractivity contribution in [1.29, 1.82) is 0 Å². The average Bonchev–Trinajstić information content (AvgIpc) is 2.89. The van der Waals surface area contributed by atoms with Crippen molar-refractivity contribution in [1.82, 2.24) is 4.90 Å². The van der Waals surface area contributed by atoms with Crippen LogP contribution in [0.25, 0.3) is 10.8 Å². The molecule has 0 saturated heterocycles. The molecule has 0 fully saturated rings. The quantitative estimate of drug-likeness (QED) is 0.373. The summed E-state index contributed by atoms with van der Waals surface area (Å²) < 4.78 is 5.28. The number of carbonyl (C=O) groups excluding carboxylic acids is 3. The van der Waals surface area contributed by atoms with E-state index in [1.54, 1.807) is 48.4 Å². The molecular formula is C29H24N2O4. The molecular weight excluding hydrogens is 440 g/mol. The lowest BCUT2D eigenvalue weighted by Gasteiger charge is -2.30. The van der Waals surface area contributed by atoms with Crippen molar-refractivity contribution in [3.05, 3.63) is 107 Å². The SMILES string of the molecule is COc1cccc(C(=O)N(CCN2C(=O)c3cccc4cccc(c34)C2=O)c2ccc(C)cc2)c1. The van der Waals surface area contributed by atoms with Crippen LogP contribution in [-0.2, 0) is 0 Å². The van der Waals surface area contributed by atoms with Crippen LogP contribution in [0.2, 0.25) is 0 Å². The maximum Gasteiger partial charge on any atom is 0.261 e. The highest BCUT2D eigenvalue weighted by molar-refractivity contribution is 6.25. The van der Waals surface area contributed by atoms with Crippen LogP contribution in [0.4, 0.5) is 5.69 Å². The molecule has 0 N–H and O–H groups in total. The highest BCUT2D eigenvalue weighted by Crippen LogP contribution is 2.30. The Morgan fingerprint density at radius 3 is 2.11 bits per heavy atom. The maximum atomic E-state index is 13.6. The van der Waals surface area contributed by atoms with Crippen LogP contribution in [0.1, 0.15) is 36.6 Å². The molecule has 6 heteroatoms. The van der Waals surface area contributed by atoms with E-state index in [4.69, 9.17) is 4.74 Å².